The Morgan fingerprint density at radius 1 is 0.610 bits per heavy atom. The second-order valence-electron chi connectivity index (χ2n) is 25.8. The van der Waals surface area contributed by atoms with Crippen LogP contribution in [0, 0.1) is 0 Å². The molecule has 40 heteroatoms. The van der Waals surface area contributed by atoms with Crippen molar-refractivity contribution < 1.29 is 107 Å². The number of phenols is 1. The van der Waals surface area contributed by atoms with Crippen LogP contribution in [0.1, 0.15) is 87.7 Å². The molecule has 15 N–H and O–H groups in total. The number of nitrogens with zero attached hydrogens (tertiary/aromatic N) is 6. The SMILES string of the molecule is CC1(C)S[C@@H]2[C@H](NC(=O)[C@H](N)c3ccc(O)cc3)C(=O)N2[C@H]1C(=O)O.CC1(C)S[C@@H]2[C@H](NC(=O)[C@H](N)c3ccccc3)C(=O)N2[C@H]1C(=O)O.CO/N=C(/C(=O)N[C@@H]1C(=O)N2C(C(=O)O)=C(COC(C)=O)CS[C@H]12)c1csc(N)n1.COc1cccc(OC)c1C(=O)N[C@@H]1C(=O)N2[C@@H]1SC(C)(C)[C@@H]2C(=O)O. The fraction of sp³-hybridized carbons (Fsp3) is 0.431. The van der Waals surface area contributed by atoms with Gasteiger partial charge in [0.15, 0.2) is 10.8 Å². The molecule has 9 heterocycles. The zero-order valence-electron chi connectivity index (χ0n) is 57.6. The highest BCUT2D eigenvalue weighted by molar-refractivity contribution is 8.02. The minimum absolute atomic E-state index is 0.0606. The van der Waals surface area contributed by atoms with Gasteiger partial charge in [-0.3, -0.25) is 48.1 Å². The summed E-state index contributed by atoms with van der Waals surface area (Å²) >= 11 is 6.46. The zero-order chi connectivity index (χ0) is 77.4. The Hall–Kier alpha value is -9.87. The largest absolute Gasteiger partial charge is 0.508 e. The highest BCUT2D eigenvalue weighted by atomic mass is 32.2. The first-order chi connectivity index (χ1) is 49.3. The van der Waals surface area contributed by atoms with E-state index < -0.39 is 156 Å². The van der Waals surface area contributed by atoms with E-state index in [0.717, 1.165) is 16.2 Å². The van der Waals surface area contributed by atoms with E-state index in [0.29, 0.717) is 28.2 Å². The fourth-order valence-corrected chi connectivity index (χ4v) is 19.5. The predicted molar refractivity (Wildman–Crippen MR) is 381 cm³/mol. The number of nitrogen functional groups attached to an aromatic ring is 1. The fourth-order valence-electron chi connectivity index (χ4n) is 12.7. The summed E-state index contributed by atoms with van der Waals surface area (Å²) in [6, 6.07) is 11.9. The summed E-state index contributed by atoms with van der Waals surface area (Å²) in [5.41, 5.74) is 18.9. The van der Waals surface area contributed by atoms with Gasteiger partial charge in [-0.2, -0.15) is 0 Å². The normalized spacial score (nSPS) is 25.6. The molecule has 562 valence electrons. The molecular weight excluding hydrogens is 1480 g/mol. The van der Waals surface area contributed by atoms with Crippen LogP contribution < -0.4 is 47.9 Å². The number of aliphatic carboxylic acids is 4. The van der Waals surface area contributed by atoms with Gasteiger partial charge >= 0.3 is 29.8 Å². The third-order valence-electron chi connectivity index (χ3n) is 17.7. The number of β-lactam (4-membered cyclic amide) rings is 4. The molecule has 8 aliphatic rings. The van der Waals surface area contributed by atoms with Crippen molar-refractivity contribution >= 4 is 146 Å². The minimum atomic E-state index is -1.32. The van der Waals surface area contributed by atoms with Crippen molar-refractivity contribution in [3.05, 3.63) is 112 Å². The summed E-state index contributed by atoms with van der Waals surface area (Å²) in [6.45, 7) is 11.6. The highest BCUT2D eigenvalue weighted by Crippen LogP contribution is 2.53. The lowest BCUT2D eigenvalue weighted by molar-refractivity contribution is -0.161. The molecule has 4 aromatic rings. The van der Waals surface area contributed by atoms with E-state index in [-0.39, 0.29) is 57.2 Å². The van der Waals surface area contributed by atoms with Gasteiger partial charge in [0.1, 0.15) is 124 Å². The van der Waals surface area contributed by atoms with Crippen LogP contribution in [0.2, 0.25) is 0 Å². The number of benzene rings is 3. The number of anilines is 1. The Bertz CT molecular complexity index is 4220. The number of carboxylic acid groups (broad SMARTS) is 4. The molecule has 8 amide bonds. The number of carbonyl (C=O) groups excluding carboxylic acids is 9. The van der Waals surface area contributed by atoms with Gasteiger partial charge in [-0.1, -0.05) is 53.7 Å². The number of amides is 8. The Balaban J connectivity index is 0.000000163. The smallest absolute Gasteiger partial charge is 0.352 e. The molecule has 0 unspecified atom stereocenters. The van der Waals surface area contributed by atoms with Crippen molar-refractivity contribution in [1.82, 2.24) is 45.9 Å². The number of ether oxygens (including phenoxy) is 3. The molecule has 0 aliphatic carbocycles. The van der Waals surface area contributed by atoms with E-state index >= 15 is 0 Å². The summed E-state index contributed by atoms with van der Waals surface area (Å²) in [7, 11) is 4.13. The average molecular weight is 1550 g/mol. The minimum Gasteiger partial charge on any atom is -0.508 e. The summed E-state index contributed by atoms with van der Waals surface area (Å²) in [6.07, 6.45) is 0. The summed E-state index contributed by atoms with van der Waals surface area (Å²) in [5, 5.41) is 61.1. The molecule has 0 saturated carbocycles. The van der Waals surface area contributed by atoms with E-state index in [2.05, 4.69) is 36.2 Å². The number of carboxylic acids is 4. The van der Waals surface area contributed by atoms with E-state index in [1.807, 2.05) is 6.07 Å². The maximum Gasteiger partial charge on any atom is 0.352 e. The quantitative estimate of drug-likeness (QED) is 0.0250. The molecule has 7 saturated heterocycles. The van der Waals surface area contributed by atoms with Crippen LogP contribution in [-0.4, -0.2) is 245 Å². The molecule has 12 rings (SSSR count). The van der Waals surface area contributed by atoms with Gasteiger partial charge in [0.05, 0.1) is 14.2 Å². The maximum absolute atomic E-state index is 12.8. The molecule has 0 spiro atoms. The van der Waals surface area contributed by atoms with E-state index in [1.165, 1.54) is 120 Å². The Labute approximate surface area is 619 Å². The van der Waals surface area contributed by atoms with Crippen molar-refractivity contribution in [1.29, 1.82) is 0 Å². The van der Waals surface area contributed by atoms with Crippen molar-refractivity contribution in [3.8, 4) is 17.2 Å². The molecule has 105 heavy (non-hydrogen) atoms. The second kappa shape index (κ2) is 31.4. The lowest BCUT2D eigenvalue weighted by atomic mass is 9.95. The van der Waals surface area contributed by atoms with Crippen molar-refractivity contribution in [2.24, 2.45) is 16.6 Å². The Morgan fingerprint density at radius 2 is 1.05 bits per heavy atom. The lowest BCUT2D eigenvalue weighted by Gasteiger charge is -2.49. The lowest BCUT2D eigenvalue weighted by Crippen LogP contribution is -2.71. The van der Waals surface area contributed by atoms with Crippen LogP contribution >= 0.6 is 58.4 Å². The number of thioether (sulfide) groups is 4. The van der Waals surface area contributed by atoms with Gasteiger partial charge in [0, 0.05) is 37.9 Å². The van der Waals surface area contributed by atoms with Gasteiger partial charge in [0.25, 0.3) is 17.7 Å². The van der Waals surface area contributed by atoms with Gasteiger partial charge < -0.3 is 97.7 Å². The molecule has 0 bridgehead atoms. The van der Waals surface area contributed by atoms with E-state index in [4.69, 9.17) is 31.4 Å². The van der Waals surface area contributed by atoms with E-state index in [9.17, 15) is 87.9 Å². The topological polar surface area (TPSA) is 524 Å². The van der Waals surface area contributed by atoms with Crippen molar-refractivity contribution in [3.63, 3.8) is 0 Å². The number of fused-ring (bicyclic) bond motifs is 4. The van der Waals surface area contributed by atoms with Gasteiger partial charge in [-0.15, -0.1) is 58.4 Å². The van der Waals surface area contributed by atoms with Gasteiger partial charge in [-0.05, 0) is 76.9 Å². The third-order valence-corrected chi connectivity index (χ3v) is 24.4. The molecule has 0 radical (unpaired) electrons. The summed E-state index contributed by atoms with van der Waals surface area (Å²) in [4.78, 5) is 171. The number of phenolic OH excluding ortho intramolecular Hbond substituents is 1. The maximum atomic E-state index is 12.8. The average Bonchev–Trinajstić information content (AvgIpc) is 1.67. The third kappa shape index (κ3) is 15.8. The summed E-state index contributed by atoms with van der Waals surface area (Å²) in [5.74, 6) is -8.07. The number of oxime groups is 1. The molecule has 13 atom stereocenters. The monoisotopic (exact) mass is 1550 g/mol. The van der Waals surface area contributed by atoms with Crippen LogP contribution in [0.4, 0.5) is 5.13 Å². The molecule has 3 aromatic carbocycles. The van der Waals surface area contributed by atoms with Crippen molar-refractivity contribution in [2.45, 2.75) is 139 Å². The van der Waals surface area contributed by atoms with Crippen LogP contribution in [0.25, 0.3) is 0 Å². The number of nitrogens with one attached hydrogen (secondary N) is 4. The highest BCUT2D eigenvalue weighted by Gasteiger charge is 2.67. The number of esters is 1. The number of hydrogen-bond acceptors (Lipinski definition) is 28. The molecular formula is C65H75N13O22S5. The summed E-state index contributed by atoms with van der Waals surface area (Å²) < 4.78 is 13.4. The van der Waals surface area contributed by atoms with E-state index in [1.54, 1.807) is 84.0 Å². The van der Waals surface area contributed by atoms with Crippen LogP contribution in [0.3, 0.4) is 0 Å². The molecule has 1 aromatic heterocycles. The Kier molecular flexibility index (Phi) is 23.7. The number of nitrogens with two attached hydrogens (primary N) is 3. The number of aromatic nitrogens is 1. The number of hydrogen-bond donors (Lipinski definition) is 12. The number of methoxy groups -OCH3 is 2. The van der Waals surface area contributed by atoms with Crippen LogP contribution in [0.15, 0.2) is 94.6 Å². The first kappa shape index (κ1) is 79.3. The Morgan fingerprint density at radius 3 is 1.45 bits per heavy atom. The number of rotatable bonds is 20. The first-order valence-electron chi connectivity index (χ1n) is 31.7. The number of carbonyl (C=O) groups is 13. The standard InChI is InChI=1S/C17H20N2O6S.C16H17N5O7S2.C16H19N3O5S.C16H19N3O4S/c1-17(2)12(16(22)23)19-14(21)11(15(19)26-17)18-13(20)10-8(24-3)6-5-7-9(10)25-4;1-6(22)28-3-7-4-29-14-10(13(24)21(14)11(7)15(25)26)19-12(23)9(20-27-2)8-5-30-16(17)18-8;1-16(2)11(15(23)24)19-13(22)10(14(19)25-16)18-12(21)9(17)7-3-5-8(20)6-4-7;1-16(2)11(15(22)23)19-13(21)10(14(19)24-16)18-12(20)9(17)8-6-4-3-5-7-8/h5-7,11-12,15H,1-4H3,(H,18,20)(H,22,23);5,10,14H,3-4H2,1-2H3,(H2,17,18)(H,19,23)(H,25,26);3-6,9-11,14,20H,17H2,1-2H3,(H,18,21)(H,23,24);3-7,9-11,14H,17H2,1-2H3,(H,18,20)(H,22,23)/b;20-9+;;/t11-,12+,15-;10-,14-;2*9-,10-,11+,14-/m1111/s1. The molecule has 8 aliphatic heterocycles. The zero-order valence-corrected chi connectivity index (χ0v) is 61.6. The van der Waals surface area contributed by atoms with Crippen LogP contribution in [-0.2, 0) is 67.1 Å². The number of thiazole rings is 1. The first-order valence-corrected chi connectivity index (χ1v) is 36.2. The van der Waals surface area contributed by atoms with Gasteiger partial charge in [-0.25, -0.2) is 24.2 Å². The predicted octanol–water partition coefficient (Wildman–Crippen LogP) is 0.668. The van der Waals surface area contributed by atoms with Crippen LogP contribution in [0.5, 0.6) is 17.2 Å². The second-order valence-corrected chi connectivity index (χ2v) is 33.1. The number of aromatic hydroxyl groups is 1. The molecule has 35 nitrogen and oxygen atoms in total. The van der Waals surface area contributed by atoms with Crippen molar-refractivity contribution in [2.75, 3.05) is 39.4 Å². The van der Waals surface area contributed by atoms with Gasteiger partial charge in [0.2, 0.25) is 29.5 Å². The molecule has 7 fully saturated rings.